The highest BCUT2D eigenvalue weighted by molar-refractivity contribution is 5.80. The number of benzene rings is 1. The van der Waals surface area contributed by atoms with Crippen LogP contribution in [0.5, 0.6) is 0 Å². The van der Waals surface area contributed by atoms with Crippen molar-refractivity contribution in [2.24, 2.45) is 10.9 Å². The van der Waals surface area contributed by atoms with E-state index in [4.69, 9.17) is 4.74 Å². The lowest BCUT2D eigenvalue weighted by Gasteiger charge is -2.35. The van der Waals surface area contributed by atoms with Crippen LogP contribution in [0.2, 0.25) is 0 Å². The highest BCUT2D eigenvalue weighted by Gasteiger charge is 2.27. The smallest absolute Gasteiger partial charge is 0.308 e. The minimum atomic E-state index is -0.0942. The number of guanidine groups is 1. The first kappa shape index (κ1) is 21.2. The third-order valence-corrected chi connectivity index (χ3v) is 5.43. The lowest BCUT2D eigenvalue weighted by Crippen LogP contribution is -2.48. The van der Waals surface area contributed by atoms with Gasteiger partial charge >= 0.3 is 5.97 Å². The van der Waals surface area contributed by atoms with Crippen LogP contribution in [0, 0.1) is 5.92 Å². The molecule has 1 aliphatic rings. The second-order valence-electron chi connectivity index (χ2n) is 6.86. The van der Waals surface area contributed by atoms with E-state index in [1.807, 2.05) is 7.05 Å². The van der Waals surface area contributed by atoms with Gasteiger partial charge in [-0.15, -0.1) is 0 Å². The van der Waals surface area contributed by atoms with Gasteiger partial charge in [0.2, 0.25) is 0 Å². The van der Waals surface area contributed by atoms with E-state index in [2.05, 4.69) is 64.3 Å². The number of aliphatic imine (C=N–C) groups is 1. The van der Waals surface area contributed by atoms with Crippen molar-refractivity contribution in [1.82, 2.24) is 15.1 Å². The molecule has 0 aliphatic carbocycles. The lowest BCUT2D eigenvalue weighted by molar-refractivity contribution is -0.146. The van der Waals surface area contributed by atoms with Gasteiger partial charge in [-0.2, -0.15) is 0 Å². The largest absolute Gasteiger partial charge is 0.469 e. The van der Waals surface area contributed by atoms with Gasteiger partial charge in [0, 0.05) is 26.7 Å². The predicted molar refractivity (Wildman–Crippen MR) is 110 cm³/mol. The number of likely N-dealkylation sites (N-methyl/N-ethyl adjacent to an activating group) is 1. The van der Waals surface area contributed by atoms with Gasteiger partial charge in [-0.1, -0.05) is 44.2 Å². The van der Waals surface area contributed by atoms with Crippen LogP contribution >= 0.6 is 0 Å². The van der Waals surface area contributed by atoms with Crippen molar-refractivity contribution in [3.63, 3.8) is 0 Å². The molecule has 1 heterocycles. The zero-order valence-corrected chi connectivity index (χ0v) is 17.1. The first-order chi connectivity index (χ1) is 13.1. The van der Waals surface area contributed by atoms with Gasteiger partial charge in [-0.25, -0.2) is 0 Å². The highest BCUT2D eigenvalue weighted by Crippen LogP contribution is 2.21. The monoisotopic (exact) mass is 374 g/mol. The lowest BCUT2D eigenvalue weighted by atomic mass is 9.97. The molecule has 0 saturated carbocycles. The van der Waals surface area contributed by atoms with Crippen LogP contribution in [0.4, 0.5) is 0 Å². The zero-order valence-electron chi connectivity index (χ0n) is 17.1. The van der Waals surface area contributed by atoms with Crippen molar-refractivity contribution in [2.75, 3.05) is 46.9 Å². The number of methoxy groups -OCH3 is 1. The Morgan fingerprint density at radius 3 is 2.41 bits per heavy atom. The van der Waals surface area contributed by atoms with Crippen LogP contribution in [-0.4, -0.2) is 68.6 Å². The van der Waals surface area contributed by atoms with Crippen molar-refractivity contribution in [1.29, 1.82) is 0 Å². The van der Waals surface area contributed by atoms with Crippen molar-refractivity contribution in [3.8, 4) is 0 Å². The standard InChI is InChI=1S/C21H34N4O2/c1-5-24(6-2)19(17-10-8-7-9-11-17)16-23-21(22-3)25-14-12-18(13-15-25)20(26)27-4/h7-11,18-19H,5-6,12-16H2,1-4H3,(H,22,23). The van der Waals surface area contributed by atoms with Gasteiger partial charge in [-0.3, -0.25) is 14.7 Å². The van der Waals surface area contributed by atoms with E-state index in [1.54, 1.807) is 0 Å². The summed E-state index contributed by atoms with van der Waals surface area (Å²) in [6.45, 7) is 8.84. The summed E-state index contributed by atoms with van der Waals surface area (Å²) < 4.78 is 4.88. The van der Waals surface area contributed by atoms with E-state index in [0.29, 0.717) is 6.04 Å². The van der Waals surface area contributed by atoms with E-state index in [0.717, 1.165) is 51.5 Å². The first-order valence-corrected chi connectivity index (χ1v) is 9.96. The number of likely N-dealkylation sites (tertiary alicyclic amines) is 1. The Balaban J connectivity index is 1.99. The summed E-state index contributed by atoms with van der Waals surface area (Å²) >= 11 is 0. The molecule has 6 heteroatoms. The number of rotatable bonds is 7. The number of hydrogen-bond acceptors (Lipinski definition) is 4. The third-order valence-electron chi connectivity index (χ3n) is 5.43. The van der Waals surface area contributed by atoms with Gasteiger partial charge < -0.3 is 15.0 Å². The van der Waals surface area contributed by atoms with Gasteiger partial charge in [0.1, 0.15) is 0 Å². The first-order valence-electron chi connectivity index (χ1n) is 9.96. The normalized spacial score (nSPS) is 17.1. The quantitative estimate of drug-likeness (QED) is 0.452. The van der Waals surface area contributed by atoms with Crippen LogP contribution in [0.25, 0.3) is 0 Å². The number of carbonyl (C=O) groups is 1. The van der Waals surface area contributed by atoms with E-state index in [9.17, 15) is 4.79 Å². The Morgan fingerprint density at radius 1 is 1.26 bits per heavy atom. The van der Waals surface area contributed by atoms with E-state index in [-0.39, 0.29) is 11.9 Å². The highest BCUT2D eigenvalue weighted by atomic mass is 16.5. The average Bonchev–Trinajstić information content (AvgIpc) is 2.74. The number of nitrogens with zero attached hydrogens (tertiary/aromatic N) is 3. The number of carbonyl (C=O) groups excluding carboxylic acids is 1. The molecular weight excluding hydrogens is 340 g/mol. The van der Waals surface area contributed by atoms with E-state index >= 15 is 0 Å². The zero-order chi connectivity index (χ0) is 19.6. The maximum Gasteiger partial charge on any atom is 0.308 e. The number of esters is 1. The molecule has 1 aliphatic heterocycles. The minimum Gasteiger partial charge on any atom is -0.469 e. The fourth-order valence-electron chi connectivity index (χ4n) is 3.81. The van der Waals surface area contributed by atoms with Crippen molar-refractivity contribution in [3.05, 3.63) is 35.9 Å². The molecule has 6 nitrogen and oxygen atoms in total. The van der Waals surface area contributed by atoms with Gasteiger partial charge in [-0.05, 0) is 31.5 Å². The number of nitrogens with one attached hydrogen (secondary N) is 1. The summed E-state index contributed by atoms with van der Waals surface area (Å²) in [6, 6.07) is 10.9. The van der Waals surface area contributed by atoms with Gasteiger partial charge in [0.05, 0.1) is 19.1 Å². The Bertz CT molecular complexity index is 593. The maximum absolute atomic E-state index is 11.7. The Hall–Kier alpha value is -2.08. The molecule has 0 aromatic heterocycles. The summed E-state index contributed by atoms with van der Waals surface area (Å²) in [4.78, 5) is 20.9. The van der Waals surface area contributed by atoms with Crippen LogP contribution in [0.3, 0.4) is 0 Å². The molecule has 1 atom stereocenters. The van der Waals surface area contributed by atoms with Crippen LogP contribution in [0.15, 0.2) is 35.3 Å². The molecule has 27 heavy (non-hydrogen) atoms. The van der Waals surface area contributed by atoms with Crippen LogP contribution < -0.4 is 5.32 Å². The Kier molecular flexibility index (Phi) is 8.58. The summed E-state index contributed by atoms with van der Waals surface area (Å²) in [5.74, 6) is 0.826. The minimum absolute atomic E-state index is 0.0112. The SMILES string of the molecule is CCN(CC)C(CNC(=NC)N1CCC(C(=O)OC)CC1)c1ccccc1. The molecule has 0 bridgehead atoms. The molecule has 0 radical (unpaired) electrons. The molecule has 1 aromatic rings. The molecule has 150 valence electrons. The van der Waals surface area contributed by atoms with Gasteiger partial charge in [0.25, 0.3) is 0 Å². The molecule has 2 rings (SSSR count). The summed E-state index contributed by atoms with van der Waals surface area (Å²) in [6.07, 6.45) is 1.62. The third kappa shape index (κ3) is 5.70. The number of hydrogen-bond donors (Lipinski definition) is 1. The van der Waals surface area contributed by atoms with Gasteiger partial charge in [0.15, 0.2) is 5.96 Å². The van der Waals surface area contributed by atoms with E-state index < -0.39 is 0 Å². The number of ether oxygens (including phenoxy) is 1. The predicted octanol–water partition coefficient (Wildman–Crippen LogP) is 2.53. The Labute approximate surface area is 163 Å². The topological polar surface area (TPSA) is 57.2 Å². The van der Waals surface area contributed by atoms with Crippen molar-refractivity contribution in [2.45, 2.75) is 32.7 Å². The van der Waals surface area contributed by atoms with Crippen LogP contribution in [-0.2, 0) is 9.53 Å². The Morgan fingerprint density at radius 2 is 1.89 bits per heavy atom. The molecule has 1 saturated heterocycles. The van der Waals surface area contributed by atoms with Crippen LogP contribution in [0.1, 0.15) is 38.3 Å². The fraction of sp³-hybridized carbons (Fsp3) is 0.619. The summed E-state index contributed by atoms with van der Waals surface area (Å²) in [5, 5.41) is 3.56. The molecule has 1 fully saturated rings. The molecular formula is C21H34N4O2. The van der Waals surface area contributed by atoms with Crippen molar-refractivity contribution >= 4 is 11.9 Å². The van der Waals surface area contributed by atoms with E-state index in [1.165, 1.54) is 12.7 Å². The molecule has 0 amide bonds. The second kappa shape index (κ2) is 10.9. The summed E-state index contributed by atoms with van der Waals surface area (Å²) in [7, 11) is 3.29. The average molecular weight is 375 g/mol. The summed E-state index contributed by atoms with van der Waals surface area (Å²) in [5.41, 5.74) is 1.31. The van der Waals surface area contributed by atoms with Crippen molar-refractivity contribution < 1.29 is 9.53 Å². The molecule has 1 aromatic carbocycles. The maximum atomic E-state index is 11.7. The fourth-order valence-corrected chi connectivity index (χ4v) is 3.81. The molecule has 0 spiro atoms. The molecule has 1 N–H and O–H groups in total. The second-order valence-corrected chi connectivity index (χ2v) is 6.86. The molecule has 1 unspecified atom stereocenters. The number of piperidine rings is 1.